The van der Waals surface area contributed by atoms with Crippen molar-refractivity contribution in [2.45, 2.75) is 51.2 Å². The first kappa shape index (κ1) is 26.3. The monoisotopic (exact) mass is 614 g/mol. The first-order valence-corrected chi connectivity index (χ1v) is 17.5. The summed E-state index contributed by atoms with van der Waals surface area (Å²) in [6.07, 6.45) is 12.8. The molecular formula is C25H32IN2O6P. The molecule has 10 heteroatoms. The van der Waals surface area contributed by atoms with Crippen LogP contribution in [0, 0.1) is 0 Å². The molecule has 4 rings (SSSR count). The summed E-state index contributed by atoms with van der Waals surface area (Å²) in [5.41, 5.74) is 10.7. The molecule has 2 aromatic rings. The molecule has 2 heterocycles. The Morgan fingerprint density at radius 1 is 1.14 bits per heavy atom. The number of phosphoric acid groups is 1. The number of halogens is 1. The van der Waals surface area contributed by atoms with E-state index in [1.807, 2.05) is 28.4 Å². The van der Waals surface area contributed by atoms with Gasteiger partial charge < -0.3 is 4.74 Å². The zero-order valence-electron chi connectivity index (χ0n) is 19.5. The van der Waals surface area contributed by atoms with E-state index >= 15 is 0 Å². The van der Waals surface area contributed by atoms with E-state index in [0.29, 0.717) is 35.0 Å². The van der Waals surface area contributed by atoms with E-state index in [4.69, 9.17) is 24.8 Å². The van der Waals surface area contributed by atoms with Crippen LogP contribution in [0.1, 0.15) is 54.7 Å². The van der Waals surface area contributed by atoms with Crippen molar-refractivity contribution in [1.29, 1.82) is 0 Å². The Balaban J connectivity index is 1.34. The average Bonchev–Trinajstić information content (AvgIpc) is 3.29. The fourth-order valence-corrected chi connectivity index (χ4v) is 9.04. The number of hydrogen-bond acceptors (Lipinski definition) is 6. The number of hydrogen-bond donors (Lipinski definition) is 3. The third-order valence-corrected chi connectivity index (χ3v) is 11.0. The van der Waals surface area contributed by atoms with Gasteiger partial charge in [0.05, 0.1) is 12.7 Å². The van der Waals surface area contributed by atoms with Gasteiger partial charge in [0.1, 0.15) is 0 Å². The van der Waals surface area contributed by atoms with Gasteiger partial charge in [0.25, 0.3) is 0 Å². The number of ether oxygens (including phenoxy) is 1. The van der Waals surface area contributed by atoms with E-state index in [-0.39, 0.29) is 4.61 Å². The summed E-state index contributed by atoms with van der Waals surface area (Å²) in [6, 6.07) is 10.3. The topological polar surface area (TPSA) is 128 Å². The second-order valence-corrected chi connectivity index (χ2v) is 15.0. The standard InChI is InChI=1S/C25H32IN2O6P/c27-24-12-14-26(18-33-35(29,30)31)13-4-7-23(24)25-16-21(28-34-25)15-19-8-10-20(11-9-19)17-32-22-5-2-1-3-6-22/h4,7-13,16,22H,1-3,5-6,14-15,17-18,27H2,(H2,29,30,31)/b13-4-,23-7+,24-12-. The third-order valence-electron chi connectivity index (χ3n) is 5.95. The van der Waals surface area contributed by atoms with Crippen molar-refractivity contribution >= 4 is 33.2 Å². The number of allylic oxidation sites excluding steroid dienone is 4. The maximum atomic E-state index is 11.0. The van der Waals surface area contributed by atoms with Crippen molar-refractivity contribution in [1.82, 2.24) is 5.16 Å². The second kappa shape index (κ2) is 12.5. The van der Waals surface area contributed by atoms with Gasteiger partial charge in [0, 0.05) is 0 Å². The summed E-state index contributed by atoms with van der Waals surface area (Å²) in [6.45, 7) is 0.655. The molecule has 0 spiro atoms. The molecule has 190 valence electrons. The van der Waals surface area contributed by atoms with Gasteiger partial charge in [-0.05, 0) is 12.8 Å². The van der Waals surface area contributed by atoms with Gasteiger partial charge >= 0.3 is 164 Å². The van der Waals surface area contributed by atoms with Crippen LogP contribution in [0.2, 0.25) is 0 Å². The number of nitrogens with zero attached hydrogens (tertiary/aromatic N) is 1. The van der Waals surface area contributed by atoms with Gasteiger partial charge in [0.15, 0.2) is 0 Å². The third kappa shape index (κ3) is 8.41. The summed E-state index contributed by atoms with van der Waals surface area (Å²) in [5, 5.41) is 4.22. The predicted molar refractivity (Wildman–Crippen MR) is 144 cm³/mol. The predicted octanol–water partition coefficient (Wildman–Crippen LogP) is 5.44. The Labute approximate surface area is 212 Å². The van der Waals surface area contributed by atoms with E-state index in [9.17, 15) is 4.57 Å². The molecule has 2 aliphatic rings. The van der Waals surface area contributed by atoms with Gasteiger partial charge in [-0.2, -0.15) is 0 Å². The molecule has 0 bridgehead atoms. The summed E-state index contributed by atoms with van der Waals surface area (Å²) in [7, 11) is -4.46. The molecule has 0 saturated heterocycles. The molecule has 1 saturated carbocycles. The van der Waals surface area contributed by atoms with Crippen LogP contribution >= 0.6 is 27.6 Å². The van der Waals surface area contributed by atoms with Crippen molar-refractivity contribution in [3.05, 3.63) is 80.9 Å². The number of nitrogens with two attached hydrogens (primary N) is 1. The van der Waals surface area contributed by atoms with E-state index in [0.717, 1.165) is 16.8 Å². The Kier molecular flexibility index (Phi) is 9.38. The maximum absolute atomic E-state index is 11.0. The molecule has 0 unspecified atom stereocenters. The van der Waals surface area contributed by atoms with Crippen molar-refractivity contribution < 1.29 is 28.1 Å². The molecule has 1 aliphatic heterocycles. The average molecular weight is 614 g/mol. The molecule has 35 heavy (non-hydrogen) atoms. The first-order chi connectivity index (χ1) is 16.9. The van der Waals surface area contributed by atoms with Crippen LogP contribution in [0.4, 0.5) is 0 Å². The quantitative estimate of drug-likeness (QED) is 0.194. The summed E-state index contributed by atoms with van der Waals surface area (Å²) in [4.78, 5) is 17.8. The van der Waals surface area contributed by atoms with Crippen LogP contribution in [0.15, 0.2) is 62.9 Å². The molecule has 0 radical (unpaired) electrons. The zero-order chi connectivity index (χ0) is 24.7. The van der Waals surface area contributed by atoms with E-state index < -0.39 is 27.6 Å². The van der Waals surface area contributed by atoms with Crippen molar-refractivity contribution in [2.24, 2.45) is 5.73 Å². The van der Waals surface area contributed by atoms with Crippen LogP contribution in [-0.2, 0) is 26.9 Å². The number of alkyl halides is 2. The van der Waals surface area contributed by atoms with E-state index in [2.05, 4.69) is 33.9 Å². The van der Waals surface area contributed by atoms with Crippen molar-refractivity contribution in [3.63, 3.8) is 0 Å². The van der Waals surface area contributed by atoms with Crippen LogP contribution in [0.25, 0.3) is 5.57 Å². The van der Waals surface area contributed by atoms with Crippen molar-refractivity contribution in [2.75, 3.05) is 9.04 Å². The Morgan fingerprint density at radius 3 is 2.63 bits per heavy atom. The normalized spacial score (nSPS) is 22.5. The summed E-state index contributed by atoms with van der Waals surface area (Å²) in [5.74, 6) is 0.588. The first-order valence-electron chi connectivity index (χ1n) is 11.7. The number of benzene rings is 1. The molecule has 1 fully saturated rings. The molecule has 0 atom stereocenters. The molecule has 1 aromatic carbocycles. The zero-order valence-corrected chi connectivity index (χ0v) is 22.6. The second-order valence-electron chi connectivity index (χ2n) is 8.69. The van der Waals surface area contributed by atoms with Gasteiger partial charge in [0.2, 0.25) is 0 Å². The fourth-order valence-electron chi connectivity index (χ4n) is 4.04. The minimum atomic E-state index is -4.46. The van der Waals surface area contributed by atoms with Gasteiger partial charge in [-0.25, -0.2) is 0 Å². The molecule has 8 nitrogen and oxygen atoms in total. The Hall–Kier alpha value is -1.75. The summed E-state index contributed by atoms with van der Waals surface area (Å²) < 4.78 is 30.0. The van der Waals surface area contributed by atoms with Crippen molar-refractivity contribution in [3.8, 4) is 0 Å². The molecule has 1 aromatic heterocycles. The van der Waals surface area contributed by atoms with Gasteiger partial charge in [-0.1, -0.05) is 19.3 Å². The number of rotatable bonds is 9. The fraction of sp³-hybridized carbons (Fsp3) is 0.400. The van der Waals surface area contributed by atoms with Crippen LogP contribution < -0.4 is 5.73 Å². The van der Waals surface area contributed by atoms with Crippen LogP contribution in [-0.4, -0.2) is 30.1 Å². The van der Waals surface area contributed by atoms with E-state index in [1.54, 1.807) is 0 Å². The number of phosphoric ester groups is 1. The van der Waals surface area contributed by atoms with Gasteiger partial charge in [-0.3, -0.25) is 0 Å². The van der Waals surface area contributed by atoms with Gasteiger partial charge in [-0.15, -0.1) is 0 Å². The summed E-state index contributed by atoms with van der Waals surface area (Å²) >= 11 is -1.86. The SMILES string of the molecule is NC1=C\CI(COP(=O)(O)O)\C=C/C=C\1c1cc(Cc2ccc(COC3CCCCC3)cc2)no1. The number of aromatic nitrogens is 1. The van der Waals surface area contributed by atoms with Crippen LogP contribution in [0.5, 0.6) is 0 Å². The Morgan fingerprint density at radius 2 is 1.89 bits per heavy atom. The Bertz CT molecular complexity index is 1120. The minimum absolute atomic E-state index is 0.0651. The molecule has 1 aliphatic carbocycles. The molecular weight excluding hydrogens is 582 g/mol. The molecule has 0 amide bonds. The van der Waals surface area contributed by atoms with Crippen LogP contribution in [0.3, 0.4) is 0 Å². The van der Waals surface area contributed by atoms with E-state index in [1.165, 1.54) is 37.7 Å². The molecule has 4 N–H and O–H groups in total.